The van der Waals surface area contributed by atoms with Gasteiger partial charge < -0.3 is 0 Å². The summed E-state index contributed by atoms with van der Waals surface area (Å²) in [6.45, 7) is 4.35. The van der Waals surface area contributed by atoms with E-state index >= 15 is 0 Å². The first-order valence-corrected chi connectivity index (χ1v) is 4.57. The summed E-state index contributed by atoms with van der Waals surface area (Å²) >= 11 is 11.2. The monoisotopic (exact) mass is 180 g/mol. The Morgan fingerprint density at radius 3 is 2.10 bits per heavy atom. The van der Waals surface area contributed by atoms with Crippen LogP contribution >= 0.6 is 23.2 Å². The van der Waals surface area contributed by atoms with Gasteiger partial charge in [0.15, 0.2) is 0 Å². The van der Waals surface area contributed by atoms with Gasteiger partial charge in [-0.3, -0.25) is 0 Å². The lowest BCUT2D eigenvalue weighted by atomic mass is 10.1. The third-order valence-corrected chi connectivity index (χ3v) is 1.91. The van der Waals surface area contributed by atoms with E-state index in [1.807, 2.05) is 0 Å². The topological polar surface area (TPSA) is 0 Å². The quantitative estimate of drug-likeness (QED) is 0.460. The first-order valence-electron chi connectivity index (χ1n) is 3.50. The first kappa shape index (κ1) is 10.3. The van der Waals surface area contributed by atoms with Crippen molar-refractivity contribution < 1.29 is 0 Å². The van der Waals surface area contributed by atoms with Crippen molar-refractivity contribution in [2.45, 2.75) is 20.3 Å². The van der Waals surface area contributed by atoms with Crippen molar-refractivity contribution in [3.8, 4) is 0 Å². The lowest BCUT2D eigenvalue weighted by Gasteiger charge is -2.00. The van der Waals surface area contributed by atoms with Crippen molar-refractivity contribution in [2.75, 3.05) is 11.8 Å². The van der Waals surface area contributed by atoms with Gasteiger partial charge in [0.25, 0.3) is 0 Å². The molecule has 10 heavy (non-hydrogen) atoms. The van der Waals surface area contributed by atoms with E-state index in [1.165, 1.54) is 0 Å². The molecule has 0 aromatic carbocycles. The number of allylic oxidation sites excluding steroid dienone is 2. The molecule has 0 nitrogen and oxygen atoms in total. The van der Waals surface area contributed by atoms with Crippen LogP contribution in [0.3, 0.4) is 0 Å². The number of hydrogen-bond donors (Lipinski definition) is 0. The summed E-state index contributed by atoms with van der Waals surface area (Å²) in [5.74, 6) is 1.83. The molecule has 0 atom stereocenters. The highest BCUT2D eigenvalue weighted by Crippen LogP contribution is 2.07. The fourth-order valence-corrected chi connectivity index (χ4v) is 1.05. The summed E-state index contributed by atoms with van der Waals surface area (Å²) in [4.78, 5) is 0. The highest BCUT2D eigenvalue weighted by Gasteiger charge is 1.93. The van der Waals surface area contributed by atoms with Gasteiger partial charge in [0.05, 0.1) is 0 Å². The van der Waals surface area contributed by atoms with Gasteiger partial charge in [0.2, 0.25) is 0 Å². The maximum absolute atomic E-state index is 5.60. The van der Waals surface area contributed by atoms with Gasteiger partial charge >= 0.3 is 0 Å². The van der Waals surface area contributed by atoms with E-state index in [4.69, 9.17) is 23.2 Å². The molecule has 0 fully saturated rings. The molecule has 0 saturated heterocycles. The normalized spacial score (nSPS) is 10.1. The fraction of sp³-hybridized carbons (Fsp3) is 0.750. The Balaban J connectivity index is 3.63. The number of rotatable bonds is 4. The highest BCUT2D eigenvalue weighted by molar-refractivity contribution is 6.23. The van der Waals surface area contributed by atoms with Gasteiger partial charge in [-0.2, -0.15) is 0 Å². The Morgan fingerprint density at radius 1 is 1.30 bits per heavy atom. The lowest BCUT2D eigenvalue weighted by Crippen LogP contribution is -1.89. The number of hydrogen-bond acceptors (Lipinski definition) is 0. The number of alkyl halides is 2. The van der Waals surface area contributed by atoms with Crippen LogP contribution in [0.1, 0.15) is 20.3 Å². The Labute approximate surface area is 73.2 Å². The molecule has 2 heteroatoms. The predicted octanol–water partition coefficient (Wildman–Crippen LogP) is 3.44. The number of halogens is 2. The molecule has 0 saturated carbocycles. The summed E-state index contributed by atoms with van der Waals surface area (Å²) in [7, 11) is 0. The molecular weight excluding hydrogens is 167 g/mol. The Bertz CT molecular complexity index is 99.8. The average Bonchev–Trinajstić information content (AvgIpc) is 1.90. The fourth-order valence-electron chi connectivity index (χ4n) is 0.547. The molecule has 0 aliphatic rings. The van der Waals surface area contributed by atoms with Crippen LogP contribution in [0, 0.1) is 5.92 Å². The SMILES string of the molecule is CC(C)CC=C(CCl)CCl. The molecule has 60 valence electrons. The second kappa shape index (κ2) is 6.06. The molecule has 0 heterocycles. The molecule has 0 bridgehead atoms. The van der Waals surface area contributed by atoms with Gasteiger partial charge in [-0.15, -0.1) is 23.2 Å². The van der Waals surface area contributed by atoms with E-state index in [1.54, 1.807) is 0 Å². The van der Waals surface area contributed by atoms with Crippen molar-refractivity contribution in [2.24, 2.45) is 5.92 Å². The van der Waals surface area contributed by atoms with E-state index in [2.05, 4.69) is 19.9 Å². The Hall–Kier alpha value is 0.320. The van der Waals surface area contributed by atoms with E-state index in [-0.39, 0.29) is 0 Å². The molecule has 0 radical (unpaired) electrons. The van der Waals surface area contributed by atoms with Crippen LogP contribution in [0.25, 0.3) is 0 Å². The Kier molecular flexibility index (Phi) is 6.25. The van der Waals surface area contributed by atoms with Crippen molar-refractivity contribution in [3.63, 3.8) is 0 Å². The lowest BCUT2D eigenvalue weighted by molar-refractivity contribution is 0.661. The van der Waals surface area contributed by atoms with E-state index in [0.29, 0.717) is 17.7 Å². The summed E-state index contributed by atoms with van der Waals surface area (Å²) in [5.41, 5.74) is 1.14. The molecule has 0 N–H and O–H groups in total. The van der Waals surface area contributed by atoms with Gasteiger partial charge in [-0.25, -0.2) is 0 Å². The summed E-state index contributed by atoms with van der Waals surface area (Å²) in [6, 6.07) is 0. The van der Waals surface area contributed by atoms with Gasteiger partial charge in [0.1, 0.15) is 0 Å². The van der Waals surface area contributed by atoms with Crippen LogP contribution in [0.5, 0.6) is 0 Å². The molecule has 0 amide bonds. The molecule has 0 aromatic heterocycles. The third-order valence-electron chi connectivity index (χ3n) is 1.22. The first-order chi connectivity index (χ1) is 4.70. The van der Waals surface area contributed by atoms with Crippen LogP contribution in [0.4, 0.5) is 0 Å². The predicted molar refractivity (Wildman–Crippen MR) is 49.0 cm³/mol. The summed E-state index contributed by atoms with van der Waals surface area (Å²) in [6.07, 6.45) is 3.21. The maximum atomic E-state index is 5.60. The zero-order valence-electron chi connectivity index (χ0n) is 6.53. The van der Waals surface area contributed by atoms with Crippen LogP contribution in [0.2, 0.25) is 0 Å². The zero-order valence-corrected chi connectivity index (χ0v) is 8.04. The molecule has 0 aromatic rings. The molecular formula is C8H14Cl2. The minimum atomic E-state index is 0.566. The van der Waals surface area contributed by atoms with Crippen molar-refractivity contribution in [3.05, 3.63) is 11.6 Å². The Morgan fingerprint density at radius 2 is 1.80 bits per heavy atom. The van der Waals surface area contributed by atoms with E-state index in [9.17, 15) is 0 Å². The summed E-state index contributed by atoms with van der Waals surface area (Å²) in [5, 5.41) is 0. The van der Waals surface area contributed by atoms with Crippen LogP contribution in [-0.2, 0) is 0 Å². The molecule has 0 aliphatic carbocycles. The molecule has 0 spiro atoms. The second-order valence-corrected chi connectivity index (χ2v) is 3.29. The van der Waals surface area contributed by atoms with Gasteiger partial charge in [-0.05, 0) is 17.9 Å². The second-order valence-electron chi connectivity index (χ2n) is 2.76. The van der Waals surface area contributed by atoms with Gasteiger partial charge in [-0.1, -0.05) is 19.9 Å². The van der Waals surface area contributed by atoms with Crippen LogP contribution in [-0.4, -0.2) is 11.8 Å². The largest absolute Gasteiger partial charge is 0.122 e. The smallest absolute Gasteiger partial charge is 0.0445 e. The average molecular weight is 181 g/mol. The van der Waals surface area contributed by atoms with Crippen LogP contribution < -0.4 is 0 Å². The maximum Gasteiger partial charge on any atom is 0.0445 e. The van der Waals surface area contributed by atoms with Crippen molar-refractivity contribution in [1.29, 1.82) is 0 Å². The zero-order chi connectivity index (χ0) is 7.98. The minimum absolute atomic E-state index is 0.566. The van der Waals surface area contributed by atoms with Crippen molar-refractivity contribution >= 4 is 23.2 Å². The van der Waals surface area contributed by atoms with Gasteiger partial charge in [0, 0.05) is 11.8 Å². The van der Waals surface area contributed by atoms with Crippen molar-refractivity contribution in [1.82, 2.24) is 0 Å². The summed E-state index contributed by atoms with van der Waals surface area (Å²) < 4.78 is 0. The standard InChI is InChI=1S/C8H14Cl2/c1-7(2)3-4-8(5-9)6-10/h4,7H,3,5-6H2,1-2H3. The van der Waals surface area contributed by atoms with E-state index < -0.39 is 0 Å². The molecule has 0 rings (SSSR count). The highest BCUT2D eigenvalue weighted by atomic mass is 35.5. The van der Waals surface area contributed by atoms with Crippen LogP contribution in [0.15, 0.2) is 11.6 Å². The molecule has 0 aliphatic heterocycles. The minimum Gasteiger partial charge on any atom is -0.122 e. The molecule has 0 unspecified atom stereocenters. The van der Waals surface area contributed by atoms with E-state index in [0.717, 1.165) is 12.0 Å². The third kappa shape index (κ3) is 5.13.